The number of benzene rings is 1. The van der Waals surface area contributed by atoms with Crippen LogP contribution in [0.2, 0.25) is 0 Å². The number of aromatic nitrogens is 2. The van der Waals surface area contributed by atoms with Gasteiger partial charge in [0.25, 0.3) is 0 Å². The molecule has 2 heterocycles. The fourth-order valence-electron chi connectivity index (χ4n) is 2.44. The average molecular weight is 298 g/mol. The minimum atomic E-state index is -0.103. The summed E-state index contributed by atoms with van der Waals surface area (Å²) in [5, 5.41) is 2.90. The summed E-state index contributed by atoms with van der Waals surface area (Å²) in [7, 11) is 0. The molecule has 3 rings (SSSR count). The summed E-state index contributed by atoms with van der Waals surface area (Å²) in [5.74, 6) is 0. The van der Waals surface area contributed by atoms with Crippen LogP contribution < -0.4 is 10.1 Å². The molecule has 2 aromatic rings. The quantitative estimate of drug-likeness (QED) is 0.945. The third-order valence-corrected chi connectivity index (χ3v) is 3.50. The molecule has 0 bridgehead atoms. The molecule has 1 aliphatic rings. The molecule has 0 radical (unpaired) electrons. The van der Waals surface area contributed by atoms with Crippen LogP contribution in [0.1, 0.15) is 12.8 Å². The van der Waals surface area contributed by atoms with Crippen LogP contribution in [0.15, 0.2) is 48.8 Å². The molecular weight excluding hydrogens is 280 g/mol. The number of hydrogen-bond acceptors (Lipinski definition) is 4. The first-order valence-electron chi connectivity index (χ1n) is 7.36. The van der Waals surface area contributed by atoms with Crippen LogP contribution in [0.5, 0.6) is 6.01 Å². The topological polar surface area (TPSA) is 67.4 Å². The van der Waals surface area contributed by atoms with E-state index in [2.05, 4.69) is 15.3 Å². The lowest BCUT2D eigenvalue weighted by molar-refractivity contribution is 0.0983. The number of carbonyl (C=O) groups is 1. The van der Waals surface area contributed by atoms with Gasteiger partial charge in [0.2, 0.25) is 0 Å². The number of rotatable bonds is 3. The Balaban J connectivity index is 1.57. The van der Waals surface area contributed by atoms with Crippen molar-refractivity contribution in [3.05, 3.63) is 48.8 Å². The Labute approximate surface area is 129 Å². The molecule has 1 atom stereocenters. The van der Waals surface area contributed by atoms with E-state index in [1.165, 1.54) is 0 Å². The van der Waals surface area contributed by atoms with E-state index in [1.807, 2.05) is 30.3 Å². The van der Waals surface area contributed by atoms with Crippen molar-refractivity contribution < 1.29 is 9.53 Å². The van der Waals surface area contributed by atoms with Crippen LogP contribution in [0.25, 0.3) is 0 Å². The lowest BCUT2D eigenvalue weighted by Crippen LogP contribution is -2.46. The highest BCUT2D eigenvalue weighted by Crippen LogP contribution is 2.16. The van der Waals surface area contributed by atoms with E-state index in [1.54, 1.807) is 23.4 Å². The number of carbonyl (C=O) groups excluding carboxylic acids is 1. The Kier molecular flexibility index (Phi) is 4.48. The first-order chi connectivity index (χ1) is 10.8. The lowest BCUT2D eigenvalue weighted by atomic mass is 10.1. The van der Waals surface area contributed by atoms with E-state index in [4.69, 9.17) is 4.74 Å². The van der Waals surface area contributed by atoms with Crippen molar-refractivity contribution in [2.24, 2.45) is 0 Å². The van der Waals surface area contributed by atoms with E-state index in [-0.39, 0.29) is 12.1 Å². The Morgan fingerprint density at radius 3 is 2.73 bits per heavy atom. The Hall–Kier alpha value is -2.63. The average Bonchev–Trinajstić information content (AvgIpc) is 2.57. The minimum Gasteiger partial charge on any atom is -0.458 e. The number of urea groups is 1. The molecule has 6 heteroatoms. The van der Waals surface area contributed by atoms with Gasteiger partial charge in [-0.2, -0.15) is 0 Å². The van der Waals surface area contributed by atoms with Crippen LogP contribution in [-0.4, -0.2) is 40.1 Å². The van der Waals surface area contributed by atoms with Crippen LogP contribution in [0.4, 0.5) is 10.5 Å². The first-order valence-corrected chi connectivity index (χ1v) is 7.36. The number of amides is 2. The van der Waals surface area contributed by atoms with Crippen molar-refractivity contribution >= 4 is 11.7 Å². The van der Waals surface area contributed by atoms with Crippen molar-refractivity contribution in [2.45, 2.75) is 18.9 Å². The van der Waals surface area contributed by atoms with Gasteiger partial charge in [-0.15, -0.1) is 0 Å². The fraction of sp³-hybridized carbons (Fsp3) is 0.312. The van der Waals surface area contributed by atoms with Crippen molar-refractivity contribution in [1.82, 2.24) is 14.9 Å². The van der Waals surface area contributed by atoms with Gasteiger partial charge in [0.1, 0.15) is 6.10 Å². The minimum absolute atomic E-state index is 0.0716. The summed E-state index contributed by atoms with van der Waals surface area (Å²) in [6, 6.07) is 11.4. The number of hydrogen-bond donors (Lipinski definition) is 1. The molecule has 6 nitrogen and oxygen atoms in total. The zero-order chi connectivity index (χ0) is 15.2. The monoisotopic (exact) mass is 298 g/mol. The van der Waals surface area contributed by atoms with Crippen LogP contribution in [0.3, 0.4) is 0 Å². The molecule has 0 spiro atoms. The smallest absolute Gasteiger partial charge is 0.321 e. The molecular formula is C16H18N4O2. The molecule has 1 aliphatic heterocycles. The molecule has 1 aromatic carbocycles. The summed E-state index contributed by atoms with van der Waals surface area (Å²) in [6.45, 7) is 1.27. The van der Waals surface area contributed by atoms with E-state index in [0.717, 1.165) is 25.1 Å². The maximum atomic E-state index is 12.3. The number of para-hydroxylation sites is 1. The Bertz CT molecular complexity index is 606. The van der Waals surface area contributed by atoms with Gasteiger partial charge in [-0.1, -0.05) is 18.2 Å². The second-order valence-electron chi connectivity index (χ2n) is 5.16. The number of piperidine rings is 1. The number of anilines is 1. The van der Waals surface area contributed by atoms with Gasteiger partial charge in [-0.05, 0) is 31.0 Å². The molecule has 114 valence electrons. The highest BCUT2D eigenvalue weighted by atomic mass is 16.5. The van der Waals surface area contributed by atoms with Gasteiger partial charge in [-0.3, -0.25) is 0 Å². The molecule has 0 saturated carbocycles. The molecule has 2 amide bonds. The summed E-state index contributed by atoms with van der Waals surface area (Å²) in [4.78, 5) is 22.2. The highest BCUT2D eigenvalue weighted by Gasteiger charge is 2.25. The van der Waals surface area contributed by atoms with Crippen molar-refractivity contribution in [2.75, 3.05) is 18.4 Å². The summed E-state index contributed by atoms with van der Waals surface area (Å²) < 4.78 is 5.74. The maximum absolute atomic E-state index is 12.3. The molecule has 22 heavy (non-hydrogen) atoms. The predicted molar refractivity (Wildman–Crippen MR) is 82.7 cm³/mol. The number of nitrogens with zero attached hydrogens (tertiary/aromatic N) is 3. The Morgan fingerprint density at radius 2 is 1.95 bits per heavy atom. The van der Waals surface area contributed by atoms with Gasteiger partial charge in [-0.25, -0.2) is 14.8 Å². The number of nitrogens with one attached hydrogen (secondary N) is 1. The SMILES string of the molecule is O=C(Nc1ccccc1)N1CCCC(Oc2ncccn2)C1. The second kappa shape index (κ2) is 6.89. The fourth-order valence-corrected chi connectivity index (χ4v) is 2.44. The normalized spacial score (nSPS) is 17.8. The molecule has 1 saturated heterocycles. The molecule has 1 aromatic heterocycles. The zero-order valence-electron chi connectivity index (χ0n) is 12.2. The first kappa shape index (κ1) is 14.3. The van der Waals surface area contributed by atoms with Gasteiger partial charge in [0.05, 0.1) is 6.54 Å². The summed E-state index contributed by atoms with van der Waals surface area (Å²) in [5.41, 5.74) is 0.793. The van der Waals surface area contributed by atoms with Crippen molar-refractivity contribution in [1.29, 1.82) is 0 Å². The van der Waals surface area contributed by atoms with Gasteiger partial charge >= 0.3 is 12.0 Å². The molecule has 1 unspecified atom stereocenters. The number of ether oxygens (including phenoxy) is 1. The molecule has 1 N–H and O–H groups in total. The largest absolute Gasteiger partial charge is 0.458 e. The summed E-state index contributed by atoms with van der Waals surface area (Å²) in [6.07, 6.45) is 5.01. The zero-order valence-corrected chi connectivity index (χ0v) is 12.2. The third-order valence-electron chi connectivity index (χ3n) is 3.50. The third kappa shape index (κ3) is 3.72. The van der Waals surface area contributed by atoms with Crippen LogP contribution >= 0.6 is 0 Å². The Morgan fingerprint density at radius 1 is 1.18 bits per heavy atom. The standard InChI is InChI=1S/C16H18N4O2/c21-16(19-13-6-2-1-3-7-13)20-11-4-8-14(12-20)22-15-17-9-5-10-18-15/h1-3,5-7,9-10,14H,4,8,11-12H2,(H,19,21). The number of likely N-dealkylation sites (tertiary alicyclic amines) is 1. The van der Waals surface area contributed by atoms with Crippen molar-refractivity contribution in [3.8, 4) is 6.01 Å². The molecule has 1 fully saturated rings. The van der Waals surface area contributed by atoms with E-state index >= 15 is 0 Å². The van der Waals surface area contributed by atoms with E-state index in [0.29, 0.717) is 12.6 Å². The summed E-state index contributed by atoms with van der Waals surface area (Å²) >= 11 is 0. The predicted octanol–water partition coefficient (Wildman–Crippen LogP) is 2.55. The second-order valence-corrected chi connectivity index (χ2v) is 5.16. The van der Waals surface area contributed by atoms with Crippen LogP contribution in [-0.2, 0) is 0 Å². The van der Waals surface area contributed by atoms with Crippen LogP contribution in [0, 0.1) is 0 Å². The van der Waals surface area contributed by atoms with Gasteiger partial charge in [0, 0.05) is 24.6 Å². The lowest BCUT2D eigenvalue weighted by Gasteiger charge is -2.32. The van der Waals surface area contributed by atoms with E-state index in [9.17, 15) is 4.79 Å². The van der Waals surface area contributed by atoms with Gasteiger partial charge in [0.15, 0.2) is 0 Å². The van der Waals surface area contributed by atoms with Gasteiger partial charge < -0.3 is 15.0 Å². The van der Waals surface area contributed by atoms with E-state index < -0.39 is 0 Å². The van der Waals surface area contributed by atoms with Crippen molar-refractivity contribution in [3.63, 3.8) is 0 Å². The molecule has 0 aliphatic carbocycles. The maximum Gasteiger partial charge on any atom is 0.321 e. The highest BCUT2D eigenvalue weighted by molar-refractivity contribution is 5.89.